The van der Waals surface area contributed by atoms with E-state index in [0.29, 0.717) is 22.0 Å². The van der Waals surface area contributed by atoms with Crippen LogP contribution >= 0.6 is 23.1 Å². The molecule has 0 amide bonds. The lowest BCUT2D eigenvalue weighted by atomic mass is 10.1. The van der Waals surface area contributed by atoms with Gasteiger partial charge >= 0.3 is 6.18 Å². The van der Waals surface area contributed by atoms with E-state index in [4.69, 9.17) is 4.74 Å². The average molecular weight is 462 g/mol. The van der Waals surface area contributed by atoms with E-state index in [1.807, 2.05) is 30.7 Å². The number of aryl methyl sites for hydroxylation is 1. The highest BCUT2D eigenvalue weighted by atomic mass is 32.2. The summed E-state index contributed by atoms with van der Waals surface area (Å²) in [4.78, 5) is 5.13. The molecule has 0 atom stereocenters. The molecule has 0 radical (unpaired) electrons. The Balaban J connectivity index is 1.83. The van der Waals surface area contributed by atoms with Gasteiger partial charge in [-0.3, -0.25) is 0 Å². The Labute approximate surface area is 185 Å². The summed E-state index contributed by atoms with van der Waals surface area (Å²) < 4.78 is 47.0. The van der Waals surface area contributed by atoms with E-state index >= 15 is 0 Å². The maximum atomic E-state index is 13.5. The molecule has 31 heavy (non-hydrogen) atoms. The van der Waals surface area contributed by atoms with Gasteiger partial charge in [-0.2, -0.15) is 18.3 Å². The number of hydrogen-bond acceptors (Lipinski definition) is 5. The number of thioether (sulfide) groups is 1. The standard InChI is InChI=1S/C22H18F3N3OS2/c1-13-8-14(11-26-21(13)30-3)15-9-19(31-12-15)17-10-20(22(23,24)25)27-28(17)16-6-4-5-7-18(16)29-2/h4-12H,1-3H3. The predicted octanol–water partition coefficient (Wildman–Crippen LogP) is 6.72. The first kappa shape index (κ1) is 21.5. The van der Waals surface area contributed by atoms with E-state index in [-0.39, 0.29) is 0 Å². The summed E-state index contributed by atoms with van der Waals surface area (Å²) in [5.74, 6) is 0.435. The van der Waals surface area contributed by atoms with Crippen molar-refractivity contribution in [3.05, 3.63) is 65.3 Å². The molecule has 0 aliphatic heterocycles. The van der Waals surface area contributed by atoms with Crippen LogP contribution in [0, 0.1) is 6.92 Å². The first-order valence-electron chi connectivity index (χ1n) is 9.22. The van der Waals surface area contributed by atoms with Crippen LogP contribution in [0.25, 0.3) is 27.4 Å². The Morgan fingerprint density at radius 2 is 1.87 bits per heavy atom. The summed E-state index contributed by atoms with van der Waals surface area (Å²) in [6.45, 7) is 1.99. The van der Waals surface area contributed by atoms with Gasteiger partial charge in [0.15, 0.2) is 5.69 Å². The topological polar surface area (TPSA) is 39.9 Å². The molecule has 0 spiro atoms. The van der Waals surface area contributed by atoms with Gasteiger partial charge in [0.2, 0.25) is 0 Å². The second kappa shape index (κ2) is 8.39. The van der Waals surface area contributed by atoms with Crippen LogP contribution in [0.1, 0.15) is 11.3 Å². The van der Waals surface area contributed by atoms with E-state index in [2.05, 4.69) is 10.1 Å². The fraction of sp³-hybridized carbons (Fsp3) is 0.182. The van der Waals surface area contributed by atoms with Crippen LogP contribution in [-0.4, -0.2) is 28.1 Å². The molecular formula is C22H18F3N3OS2. The normalized spacial score (nSPS) is 11.7. The van der Waals surface area contributed by atoms with Crippen molar-refractivity contribution in [3.8, 4) is 33.1 Å². The van der Waals surface area contributed by atoms with Crippen LogP contribution in [0.4, 0.5) is 13.2 Å². The van der Waals surface area contributed by atoms with E-state index < -0.39 is 11.9 Å². The second-order valence-electron chi connectivity index (χ2n) is 6.75. The Morgan fingerprint density at radius 1 is 1.10 bits per heavy atom. The number of ether oxygens (including phenoxy) is 1. The highest BCUT2D eigenvalue weighted by Crippen LogP contribution is 2.39. The monoisotopic (exact) mass is 461 g/mol. The quantitative estimate of drug-likeness (QED) is 0.309. The molecule has 9 heteroatoms. The van der Waals surface area contributed by atoms with Gasteiger partial charge in [0.25, 0.3) is 0 Å². The molecule has 4 aromatic rings. The highest BCUT2D eigenvalue weighted by molar-refractivity contribution is 7.98. The molecule has 160 valence electrons. The van der Waals surface area contributed by atoms with Crippen molar-refractivity contribution in [3.63, 3.8) is 0 Å². The van der Waals surface area contributed by atoms with Gasteiger partial charge in [-0.1, -0.05) is 12.1 Å². The van der Waals surface area contributed by atoms with Crippen molar-refractivity contribution in [2.24, 2.45) is 0 Å². The molecule has 0 aliphatic rings. The number of halogens is 3. The number of hydrogen-bond donors (Lipinski definition) is 0. The largest absolute Gasteiger partial charge is 0.494 e. The smallest absolute Gasteiger partial charge is 0.435 e. The van der Waals surface area contributed by atoms with Gasteiger partial charge in [-0.15, -0.1) is 23.1 Å². The molecule has 0 N–H and O–H groups in total. The van der Waals surface area contributed by atoms with Crippen LogP contribution < -0.4 is 4.74 Å². The minimum Gasteiger partial charge on any atom is -0.494 e. The van der Waals surface area contributed by atoms with Crippen molar-refractivity contribution >= 4 is 23.1 Å². The Hall–Kier alpha value is -2.78. The number of pyridine rings is 1. The molecule has 0 saturated heterocycles. The minimum absolute atomic E-state index is 0.346. The molecule has 0 bridgehead atoms. The van der Waals surface area contributed by atoms with Crippen LogP contribution in [-0.2, 0) is 6.18 Å². The third-order valence-corrected chi connectivity index (χ3v) is 6.49. The van der Waals surface area contributed by atoms with Crippen LogP contribution in [0.2, 0.25) is 0 Å². The number of rotatable bonds is 5. The number of methoxy groups -OCH3 is 1. The second-order valence-corrected chi connectivity index (χ2v) is 8.45. The van der Waals surface area contributed by atoms with Crippen LogP contribution in [0.3, 0.4) is 0 Å². The number of nitrogens with zero attached hydrogens (tertiary/aromatic N) is 3. The Bertz CT molecular complexity index is 1230. The van der Waals surface area contributed by atoms with Gasteiger partial charge in [-0.25, -0.2) is 9.67 Å². The number of aromatic nitrogens is 3. The zero-order valence-corrected chi connectivity index (χ0v) is 18.5. The third kappa shape index (κ3) is 4.20. The first-order valence-corrected chi connectivity index (χ1v) is 11.3. The van der Waals surface area contributed by atoms with Crippen molar-refractivity contribution < 1.29 is 17.9 Å². The van der Waals surface area contributed by atoms with E-state index in [1.165, 1.54) is 23.1 Å². The summed E-state index contributed by atoms with van der Waals surface area (Å²) in [5.41, 5.74) is 2.69. The highest BCUT2D eigenvalue weighted by Gasteiger charge is 2.35. The van der Waals surface area contributed by atoms with E-state index in [0.717, 1.165) is 27.8 Å². The van der Waals surface area contributed by atoms with Gasteiger partial charge in [0, 0.05) is 11.8 Å². The minimum atomic E-state index is -4.56. The van der Waals surface area contributed by atoms with E-state index in [9.17, 15) is 13.2 Å². The predicted molar refractivity (Wildman–Crippen MR) is 118 cm³/mol. The SMILES string of the molecule is COc1ccccc1-n1nc(C(F)(F)F)cc1-c1cc(-c2cnc(SC)c(C)c2)cs1. The van der Waals surface area contributed by atoms with Crippen LogP contribution in [0.15, 0.2) is 59.1 Å². The lowest BCUT2D eigenvalue weighted by molar-refractivity contribution is -0.141. The maximum Gasteiger partial charge on any atom is 0.435 e. The van der Waals surface area contributed by atoms with Crippen molar-refractivity contribution in [1.82, 2.24) is 14.8 Å². The zero-order chi connectivity index (χ0) is 22.2. The van der Waals surface area contributed by atoms with Gasteiger partial charge in [0.05, 0.1) is 22.7 Å². The number of thiophene rings is 1. The summed E-state index contributed by atoms with van der Waals surface area (Å²) in [5, 5.41) is 6.72. The van der Waals surface area contributed by atoms with Gasteiger partial charge < -0.3 is 4.74 Å². The Kier molecular flexibility index (Phi) is 5.81. The number of alkyl halides is 3. The summed E-state index contributed by atoms with van der Waals surface area (Å²) in [6, 6.07) is 11.8. The first-order chi connectivity index (χ1) is 14.8. The molecule has 1 aromatic carbocycles. The molecule has 3 aromatic heterocycles. The molecule has 4 rings (SSSR count). The summed E-state index contributed by atoms with van der Waals surface area (Å²) in [6.07, 6.45) is -0.810. The van der Waals surface area contributed by atoms with E-state index in [1.54, 1.807) is 42.2 Å². The lowest BCUT2D eigenvalue weighted by Crippen LogP contribution is -2.08. The fourth-order valence-corrected chi connectivity index (χ4v) is 4.70. The number of para-hydroxylation sites is 2. The molecule has 0 unspecified atom stereocenters. The summed E-state index contributed by atoms with van der Waals surface area (Å²) in [7, 11) is 1.48. The van der Waals surface area contributed by atoms with Crippen molar-refractivity contribution in [1.29, 1.82) is 0 Å². The maximum absolute atomic E-state index is 13.5. The molecule has 0 fully saturated rings. The lowest BCUT2D eigenvalue weighted by Gasteiger charge is -2.10. The fourth-order valence-electron chi connectivity index (χ4n) is 3.24. The van der Waals surface area contributed by atoms with Crippen molar-refractivity contribution in [2.75, 3.05) is 13.4 Å². The summed E-state index contributed by atoms with van der Waals surface area (Å²) >= 11 is 2.93. The number of benzene rings is 1. The van der Waals surface area contributed by atoms with Crippen molar-refractivity contribution in [2.45, 2.75) is 18.1 Å². The molecule has 3 heterocycles. The zero-order valence-electron chi connectivity index (χ0n) is 16.9. The molecular weight excluding hydrogens is 443 g/mol. The van der Waals surface area contributed by atoms with Gasteiger partial charge in [0.1, 0.15) is 11.4 Å². The van der Waals surface area contributed by atoms with Gasteiger partial charge in [-0.05, 0) is 60.0 Å². The molecule has 0 aliphatic carbocycles. The molecule has 4 nitrogen and oxygen atoms in total. The molecule has 0 saturated carbocycles. The average Bonchev–Trinajstić information content (AvgIpc) is 3.40. The third-order valence-electron chi connectivity index (χ3n) is 4.72. The Morgan fingerprint density at radius 3 is 2.55 bits per heavy atom. The van der Waals surface area contributed by atoms with Crippen LogP contribution in [0.5, 0.6) is 5.75 Å².